The van der Waals surface area contributed by atoms with E-state index in [0.29, 0.717) is 24.2 Å². The van der Waals surface area contributed by atoms with Crippen molar-refractivity contribution in [2.24, 2.45) is 29.1 Å². The van der Waals surface area contributed by atoms with Crippen molar-refractivity contribution < 1.29 is 39.8 Å². The molecule has 42 heavy (non-hydrogen) atoms. The van der Waals surface area contributed by atoms with E-state index >= 15 is 0 Å². The number of carboxylic acids is 1. The van der Waals surface area contributed by atoms with E-state index in [-0.39, 0.29) is 17.4 Å². The summed E-state index contributed by atoms with van der Waals surface area (Å²) in [6.07, 6.45) is 8.80. The van der Waals surface area contributed by atoms with Crippen LogP contribution in [0.5, 0.6) is 0 Å². The molecule has 1 heterocycles. The molecule has 4 fully saturated rings. The number of aliphatic carboxylic acids is 1. The van der Waals surface area contributed by atoms with Gasteiger partial charge in [-0.3, -0.25) is 0 Å². The Morgan fingerprint density at radius 1 is 1.05 bits per heavy atom. The van der Waals surface area contributed by atoms with Gasteiger partial charge in [0, 0.05) is 5.92 Å². The third-order valence-corrected chi connectivity index (χ3v) is 10.9. The van der Waals surface area contributed by atoms with Gasteiger partial charge in [0.25, 0.3) is 0 Å². The summed E-state index contributed by atoms with van der Waals surface area (Å²) in [5.74, 6) is -0.110. The maximum atomic E-state index is 11.5. The lowest BCUT2D eigenvalue weighted by Crippen LogP contribution is -2.61. The number of carbonyl (C=O) groups is 1. The molecule has 4 rings (SSSR count). The van der Waals surface area contributed by atoms with Gasteiger partial charge < -0.3 is 35.0 Å². The lowest BCUT2D eigenvalue weighted by atomic mass is 9.61. The fourth-order valence-corrected chi connectivity index (χ4v) is 7.80. The fraction of sp³-hybridized carbons (Fsp3) is 0.735. The quantitative estimate of drug-likeness (QED) is 0.258. The minimum absolute atomic E-state index is 0.111. The lowest BCUT2D eigenvalue weighted by Gasteiger charge is -2.44. The van der Waals surface area contributed by atoms with Crippen molar-refractivity contribution in [3.63, 3.8) is 0 Å². The van der Waals surface area contributed by atoms with Crippen LogP contribution in [-0.4, -0.2) is 73.9 Å². The summed E-state index contributed by atoms with van der Waals surface area (Å²) in [6, 6.07) is 0. The first kappa shape index (κ1) is 33.1. The van der Waals surface area contributed by atoms with Crippen molar-refractivity contribution in [2.75, 3.05) is 0 Å². The minimum Gasteiger partial charge on any atom is -0.479 e. The molecule has 1 aliphatic heterocycles. The number of hydrogen-bond acceptors (Lipinski definition) is 7. The zero-order chi connectivity index (χ0) is 31.0. The van der Waals surface area contributed by atoms with Crippen LogP contribution in [0.15, 0.2) is 47.6 Å². The second-order valence-corrected chi connectivity index (χ2v) is 14.0. The molecule has 0 amide bonds. The Kier molecular flexibility index (Phi) is 10.3. The number of aliphatic hydroxyl groups excluding tert-OH is 4. The van der Waals surface area contributed by atoms with Gasteiger partial charge in [-0.15, -0.1) is 0 Å². The number of allylic oxidation sites excluding steroid dienone is 5. The smallest absolute Gasteiger partial charge is 0.335 e. The molecule has 4 aliphatic rings. The van der Waals surface area contributed by atoms with Gasteiger partial charge in [0.15, 0.2) is 12.4 Å². The number of aliphatic hydroxyl groups is 4. The maximum absolute atomic E-state index is 11.5. The molecule has 8 nitrogen and oxygen atoms in total. The average molecular weight is 589 g/mol. The van der Waals surface area contributed by atoms with Gasteiger partial charge in [0.05, 0.1) is 11.7 Å². The van der Waals surface area contributed by atoms with E-state index in [1.165, 1.54) is 36.8 Å². The van der Waals surface area contributed by atoms with E-state index in [1.54, 1.807) is 0 Å². The van der Waals surface area contributed by atoms with Crippen molar-refractivity contribution in [1.82, 2.24) is 0 Å². The first-order chi connectivity index (χ1) is 19.7. The Morgan fingerprint density at radius 2 is 1.76 bits per heavy atom. The summed E-state index contributed by atoms with van der Waals surface area (Å²) in [4.78, 5) is 11.5. The minimum atomic E-state index is -1.75. The van der Waals surface area contributed by atoms with Crippen LogP contribution in [0.4, 0.5) is 0 Å². The second kappa shape index (κ2) is 13.0. The molecule has 8 heteroatoms. The Hall–Kier alpha value is -1.81. The van der Waals surface area contributed by atoms with Gasteiger partial charge in [-0.25, -0.2) is 4.79 Å². The number of rotatable bonds is 8. The van der Waals surface area contributed by atoms with Gasteiger partial charge in [-0.05, 0) is 94.0 Å². The molecule has 0 aromatic carbocycles. The third kappa shape index (κ3) is 6.79. The largest absolute Gasteiger partial charge is 0.479 e. The van der Waals surface area contributed by atoms with Crippen LogP contribution in [0.25, 0.3) is 0 Å². The molecule has 0 aromatic heterocycles. The molecule has 0 spiro atoms. The molecular formula is C34H52O8. The molecule has 0 aromatic rings. The highest BCUT2D eigenvalue weighted by molar-refractivity contribution is 5.73. The summed E-state index contributed by atoms with van der Waals surface area (Å²) in [7, 11) is 0. The van der Waals surface area contributed by atoms with Crippen molar-refractivity contribution in [2.45, 2.75) is 128 Å². The summed E-state index contributed by atoms with van der Waals surface area (Å²) < 4.78 is 11.4. The molecule has 1 saturated heterocycles. The Balaban J connectivity index is 1.41. The molecule has 1 unspecified atom stereocenters. The number of ether oxygens (including phenoxy) is 2. The standard InChI is InChI=1S/C34H52O8/c1-19-10-14-24(35)18-23(19)13-12-22-8-7-17-34(6)25(15-16-26(22)34)20(2)9-11-21(3)33(4,5)42-32-29(38)27(36)28(37)30(41-32)31(39)40/h9,11-13,20-21,24-30,32,35-38H,1,7-8,10,14-18H2,2-6H3,(H,39,40)/b11-9+,22-12+,23-13+/t20-,21+,24+,25-,26+,27+,28+,29-,30+,32?,34-/m1/s1. The highest BCUT2D eigenvalue weighted by atomic mass is 16.7. The Labute approximate surface area is 250 Å². The van der Waals surface area contributed by atoms with E-state index < -0.39 is 42.3 Å². The van der Waals surface area contributed by atoms with Crippen LogP contribution in [-0.2, 0) is 14.3 Å². The normalized spacial score (nSPS) is 41.3. The van der Waals surface area contributed by atoms with Crippen LogP contribution in [0.3, 0.4) is 0 Å². The van der Waals surface area contributed by atoms with Gasteiger partial charge in [0.2, 0.25) is 0 Å². The van der Waals surface area contributed by atoms with Crippen molar-refractivity contribution >= 4 is 5.97 Å². The van der Waals surface area contributed by atoms with E-state index in [0.717, 1.165) is 24.8 Å². The topological polar surface area (TPSA) is 137 Å². The zero-order valence-corrected chi connectivity index (χ0v) is 25.9. The van der Waals surface area contributed by atoms with E-state index in [2.05, 4.69) is 44.7 Å². The van der Waals surface area contributed by atoms with E-state index in [1.807, 2.05) is 20.8 Å². The monoisotopic (exact) mass is 588 g/mol. The predicted octanol–water partition coefficient (Wildman–Crippen LogP) is 4.67. The van der Waals surface area contributed by atoms with Crippen molar-refractivity contribution in [3.05, 3.63) is 47.6 Å². The number of fused-ring (bicyclic) bond motifs is 1. The van der Waals surface area contributed by atoms with Gasteiger partial charge in [-0.2, -0.15) is 0 Å². The van der Waals surface area contributed by atoms with Crippen LogP contribution in [0.2, 0.25) is 0 Å². The lowest BCUT2D eigenvalue weighted by molar-refractivity contribution is -0.319. The maximum Gasteiger partial charge on any atom is 0.335 e. The first-order valence-electron chi connectivity index (χ1n) is 15.7. The van der Waals surface area contributed by atoms with Gasteiger partial charge >= 0.3 is 5.97 Å². The van der Waals surface area contributed by atoms with Gasteiger partial charge in [0.1, 0.15) is 18.3 Å². The summed E-state index contributed by atoms with van der Waals surface area (Å²) >= 11 is 0. The highest BCUT2D eigenvalue weighted by Gasteiger charge is 2.51. The molecule has 3 saturated carbocycles. The second-order valence-electron chi connectivity index (χ2n) is 14.0. The Morgan fingerprint density at radius 3 is 2.45 bits per heavy atom. The molecule has 3 aliphatic carbocycles. The molecule has 236 valence electrons. The molecule has 0 radical (unpaired) electrons. The fourth-order valence-electron chi connectivity index (χ4n) is 7.80. The highest BCUT2D eigenvalue weighted by Crippen LogP contribution is 2.59. The van der Waals surface area contributed by atoms with Crippen molar-refractivity contribution in [3.8, 4) is 0 Å². The van der Waals surface area contributed by atoms with Gasteiger partial charge in [-0.1, -0.05) is 62.8 Å². The molecule has 0 bridgehead atoms. The SMILES string of the molecule is C=C1CC[C@H](O)C/C1=C\C=C1/CCC[C@]2(C)[C@@H]([C@H](C)/C=C/[C@H](C)C(C)(C)OC3O[C@H](C(=O)O)[C@@H](O)[C@H](O)[C@H]3O)CC[C@@H]12. The van der Waals surface area contributed by atoms with Crippen molar-refractivity contribution in [1.29, 1.82) is 0 Å². The van der Waals surface area contributed by atoms with Crippen LogP contribution < -0.4 is 0 Å². The summed E-state index contributed by atoms with van der Waals surface area (Å²) in [5.41, 5.74) is 3.24. The van der Waals surface area contributed by atoms with Crippen LogP contribution in [0.1, 0.15) is 86.0 Å². The molecule has 5 N–H and O–H groups in total. The number of hydrogen-bond donors (Lipinski definition) is 5. The molecular weight excluding hydrogens is 536 g/mol. The van der Waals surface area contributed by atoms with E-state index in [4.69, 9.17) is 9.47 Å². The Bertz CT molecular complexity index is 1090. The molecule has 11 atom stereocenters. The summed E-state index contributed by atoms with van der Waals surface area (Å²) in [6.45, 7) is 14.7. The average Bonchev–Trinajstić information content (AvgIpc) is 3.29. The predicted molar refractivity (Wildman–Crippen MR) is 160 cm³/mol. The van der Waals surface area contributed by atoms with E-state index in [9.17, 15) is 30.3 Å². The first-order valence-corrected chi connectivity index (χ1v) is 15.7. The third-order valence-electron chi connectivity index (χ3n) is 10.9. The number of carboxylic acid groups (broad SMARTS) is 1. The van der Waals surface area contributed by atoms with Crippen LogP contribution >= 0.6 is 0 Å². The van der Waals surface area contributed by atoms with Crippen LogP contribution in [0, 0.1) is 29.1 Å². The zero-order valence-electron chi connectivity index (χ0n) is 25.9. The summed E-state index contributed by atoms with van der Waals surface area (Å²) in [5, 5.41) is 50.1.